The van der Waals surface area contributed by atoms with Crippen molar-refractivity contribution in [1.82, 2.24) is 4.57 Å². The van der Waals surface area contributed by atoms with E-state index in [4.69, 9.17) is 0 Å². The van der Waals surface area contributed by atoms with Crippen LogP contribution in [-0.4, -0.2) is 4.57 Å². The molecule has 0 aliphatic rings. The van der Waals surface area contributed by atoms with Crippen molar-refractivity contribution >= 4 is 38.9 Å². The first-order chi connectivity index (χ1) is 29.5. The van der Waals surface area contributed by atoms with Gasteiger partial charge in [0.25, 0.3) is 0 Å². The normalized spacial score (nSPS) is 12.2. The van der Waals surface area contributed by atoms with E-state index in [1.54, 1.807) is 0 Å². The first-order valence-corrected chi connectivity index (χ1v) is 18.9. The minimum Gasteiger partial charge on any atom is -0.310 e. The van der Waals surface area contributed by atoms with Gasteiger partial charge in [0, 0.05) is 33.3 Å². The fraction of sp³-hybridized carbons (Fsp3) is 0. The summed E-state index contributed by atoms with van der Waals surface area (Å²) < 4.78 is 40.9. The Morgan fingerprint density at radius 1 is 0.339 bits per heavy atom. The van der Waals surface area contributed by atoms with E-state index in [-0.39, 0.29) is 35.4 Å². The lowest BCUT2D eigenvalue weighted by atomic mass is 10.00. The van der Waals surface area contributed by atoms with E-state index in [9.17, 15) is 5.48 Å². The maximum atomic E-state index is 9.68. The molecule has 0 aliphatic heterocycles. The van der Waals surface area contributed by atoms with Gasteiger partial charge in [0.15, 0.2) is 0 Å². The van der Waals surface area contributed by atoms with Crippen LogP contribution < -0.4 is 4.90 Å². The quantitative estimate of drug-likeness (QED) is 0.152. The molecule has 10 aromatic rings. The molecule has 0 radical (unpaired) electrons. The van der Waals surface area contributed by atoms with E-state index in [0.29, 0.717) is 5.56 Å². The minimum atomic E-state index is -0.125. The van der Waals surface area contributed by atoms with Gasteiger partial charge in [-0.1, -0.05) is 176 Å². The number of rotatable bonds is 8. The van der Waals surface area contributed by atoms with Crippen LogP contribution in [0.25, 0.3) is 72.0 Å². The second kappa shape index (κ2) is 14.4. The zero-order chi connectivity index (χ0) is 40.7. The predicted molar refractivity (Wildman–Crippen MR) is 237 cm³/mol. The molecule has 1 aromatic heterocycles. The maximum absolute atomic E-state index is 9.68. The van der Waals surface area contributed by atoms with Crippen molar-refractivity contribution < 1.29 is 5.48 Å². The van der Waals surface area contributed by atoms with Crippen LogP contribution in [0.2, 0.25) is 0 Å². The molecular weight excluding hydrogens is 677 g/mol. The van der Waals surface area contributed by atoms with Crippen LogP contribution in [-0.2, 0) is 0 Å². The molecule has 1 heterocycles. The Balaban J connectivity index is 1.16. The summed E-state index contributed by atoms with van der Waals surface area (Å²) in [6, 6.07) is 68.8. The third-order valence-corrected chi connectivity index (χ3v) is 10.5. The minimum absolute atomic E-state index is 0.105. The third kappa shape index (κ3) is 6.04. The average molecular weight is 719 g/mol. The van der Waals surface area contributed by atoms with Crippen LogP contribution in [0.1, 0.15) is 5.48 Å². The average Bonchev–Trinajstić information content (AvgIpc) is 3.64. The van der Waals surface area contributed by atoms with Crippen molar-refractivity contribution in [3.05, 3.63) is 230 Å². The third-order valence-electron chi connectivity index (χ3n) is 10.5. The number of aromatic nitrogens is 1. The van der Waals surface area contributed by atoms with Crippen molar-refractivity contribution in [2.45, 2.75) is 0 Å². The largest absolute Gasteiger partial charge is 0.310 e. The molecule has 0 spiro atoms. The zero-order valence-corrected chi connectivity index (χ0v) is 30.5. The van der Waals surface area contributed by atoms with Gasteiger partial charge in [0.05, 0.1) is 27.9 Å². The molecule has 0 N–H and O–H groups in total. The van der Waals surface area contributed by atoms with Crippen molar-refractivity contribution in [2.24, 2.45) is 0 Å². The maximum Gasteiger partial charge on any atom is 0.0645 e. The number of nitrogens with zero attached hydrogens (tertiary/aromatic N) is 2. The summed E-state index contributed by atoms with van der Waals surface area (Å²) in [5.41, 5.74) is 11.8. The number of para-hydroxylation sites is 3. The fourth-order valence-electron chi connectivity index (χ4n) is 7.83. The zero-order valence-electron chi connectivity index (χ0n) is 34.5. The van der Waals surface area contributed by atoms with Crippen LogP contribution in [0.5, 0.6) is 0 Å². The first kappa shape index (κ1) is 29.0. The summed E-state index contributed by atoms with van der Waals surface area (Å²) in [5, 5.41) is 2.00. The van der Waals surface area contributed by atoms with Gasteiger partial charge in [-0.3, -0.25) is 0 Å². The molecule has 0 atom stereocenters. The van der Waals surface area contributed by atoms with Crippen molar-refractivity contribution in [3.63, 3.8) is 0 Å². The van der Waals surface area contributed by atoms with Gasteiger partial charge in [-0.2, -0.15) is 0 Å². The summed E-state index contributed by atoms with van der Waals surface area (Å²) >= 11 is 0. The molecule has 0 aliphatic carbocycles. The SMILES string of the molecule is [2H]c1c([2H])c(N(c2ccc(-c3ccccc3)cc2)c2ccccc2-c2ccccc2)c([2H])c([2H])c1-c1ccc2c(c1)c1ccccc1n2-c1ccccc1-c1ccccc1. The Kier molecular flexibility index (Phi) is 7.47. The van der Waals surface area contributed by atoms with E-state index in [0.717, 1.165) is 72.2 Å². The molecule has 0 unspecified atom stereocenters. The second-order valence-electron chi connectivity index (χ2n) is 13.8. The summed E-state index contributed by atoms with van der Waals surface area (Å²) in [4.78, 5) is 1.88. The standard InChI is InChI=1S/C54H38N2/c1-4-16-39(17-5-1)40-28-33-45(34-29-40)55(51-25-13-10-22-47(51)42-18-6-2-7-19-42)46-35-30-41(31-36-46)44-32-37-54-50(38-44)49-24-12-15-27-53(49)56(54)52-26-14-11-23-48(52)43-20-8-3-9-21-43/h1-38H/i30D,31D,35D,36D. The number of anilines is 3. The molecule has 10 rings (SSSR count). The monoisotopic (exact) mass is 718 g/mol. The van der Waals surface area contributed by atoms with E-state index in [2.05, 4.69) is 77.4 Å². The van der Waals surface area contributed by atoms with Gasteiger partial charge in [0.1, 0.15) is 0 Å². The lowest BCUT2D eigenvalue weighted by molar-refractivity contribution is 1.18. The summed E-state index contributed by atoms with van der Waals surface area (Å²) in [6.45, 7) is 0. The topological polar surface area (TPSA) is 8.17 Å². The van der Waals surface area contributed by atoms with E-state index in [1.165, 1.54) is 0 Å². The van der Waals surface area contributed by atoms with Gasteiger partial charge < -0.3 is 9.47 Å². The second-order valence-corrected chi connectivity index (χ2v) is 13.8. The van der Waals surface area contributed by atoms with Crippen LogP contribution in [0.15, 0.2) is 230 Å². The van der Waals surface area contributed by atoms with Gasteiger partial charge in [-0.15, -0.1) is 0 Å². The molecule has 2 heteroatoms. The summed E-state index contributed by atoms with van der Waals surface area (Å²) in [7, 11) is 0. The van der Waals surface area contributed by atoms with E-state index in [1.807, 2.05) is 138 Å². The summed E-state index contributed by atoms with van der Waals surface area (Å²) in [5.74, 6) is 0. The number of fused-ring (bicyclic) bond motifs is 3. The molecule has 56 heavy (non-hydrogen) atoms. The highest BCUT2D eigenvalue weighted by atomic mass is 15.1. The highest BCUT2D eigenvalue weighted by Crippen LogP contribution is 2.43. The van der Waals surface area contributed by atoms with E-state index >= 15 is 0 Å². The Morgan fingerprint density at radius 2 is 0.857 bits per heavy atom. The molecular formula is C54H38N2. The molecule has 264 valence electrons. The Bertz CT molecular complexity index is 3150. The number of hydrogen-bond donors (Lipinski definition) is 0. The summed E-state index contributed by atoms with van der Waals surface area (Å²) in [6.07, 6.45) is 0. The molecule has 0 saturated carbocycles. The van der Waals surface area contributed by atoms with Crippen LogP contribution >= 0.6 is 0 Å². The van der Waals surface area contributed by atoms with Crippen LogP contribution in [0.4, 0.5) is 17.1 Å². The molecule has 2 nitrogen and oxygen atoms in total. The molecule has 0 bridgehead atoms. The lowest BCUT2D eigenvalue weighted by Gasteiger charge is -2.28. The molecule has 9 aromatic carbocycles. The van der Waals surface area contributed by atoms with Gasteiger partial charge >= 0.3 is 0 Å². The van der Waals surface area contributed by atoms with Crippen molar-refractivity contribution in [1.29, 1.82) is 0 Å². The highest BCUT2D eigenvalue weighted by molar-refractivity contribution is 6.11. The molecule has 0 fully saturated rings. The Hall–Kier alpha value is -7.42. The van der Waals surface area contributed by atoms with Gasteiger partial charge in [0.2, 0.25) is 0 Å². The lowest BCUT2D eigenvalue weighted by Crippen LogP contribution is -2.11. The van der Waals surface area contributed by atoms with Gasteiger partial charge in [-0.05, 0) is 87.9 Å². The fourth-order valence-corrected chi connectivity index (χ4v) is 7.83. The number of hydrogen-bond acceptors (Lipinski definition) is 1. The Morgan fingerprint density at radius 3 is 1.57 bits per heavy atom. The van der Waals surface area contributed by atoms with E-state index < -0.39 is 0 Å². The highest BCUT2D eigenvalue weighted by Gasteiger charge is 2.19. The number of benzene rings is 9. The van der Waals surface area contributed by atoms with Gasteiger partial charge in [-0.25, -0.2) is 0 Å². The molecule has 0 saturated heterocycles. The van der Waals surface area contributed by atoms with Crippen LogP contribution in [0, 0.1) is 0 Å². The van der Waals surface area contributed by atoms with Crippen molar-refractivity contribution in [3.8, 4) is 50.2 Å². The predicted octanol–water partition coefficient (Wildman–Crippen LogP) is 14.9. The Labute approximate surface area is 333 Å². The van der Waals surface area contributed by atoms with Crippen LogP contribution in [0.3, 0.4) is 0 Å². The smallest absolute Gasteiger partial charge is 0.0645 e. The first-order valence-electron chi connectivity index (χ1n) is 20.9. The molecule has 0 amide bonds. The van der Waals surface area contributed by atoms with Crippen molar-refractivity contribution in [2.75, 3.05) is 4.90 Å².